The third-order valence-corrected chi connectivity index (χ3v) is 8.61. The smallest absolute Gasteiger partial charge is 0.269 e. The van der Waals surface area contributed by atoms with E-state index in [4.69, 9.17) is 23.2 Å². The van der Waals surface area contributed by atoms with Crippen LogP contribution < -0.4 is 5.32 Å². The quantitative estimate of drug-likeness (QED) is 0.473. The maximum absolute atomic E-state index is 13.5. The first-order valence-corrected chi connectivity index (χ1v) is 13.9. The molecule has 0 aromatic heterocycles. The van der Waals surface area contributed by atoms with Crippen molar-refractivity contribution in [3.05, 3.63) is 63.6 Å². The molecular formula is C25H29Cl2N3O5S. The number of sulfonamides is 1. The zero-order valence-corrected chi connectivity index (χ0v) is 22.7. The molecule has 36 heavy (non-hydrogen) atoms. The minimum absolute atomic E-state index is 0.0161. The molecule has 11 heteroatoms. The van der Waals surface area contributed by atoms with E-state index >= 15 is 0 Å². The lowest BCUT2D eigenvalue weighted by atomic mass is 10.1. The molecule has 8 nitrogen and oxygen atoms in total. The molecule has 1 N–H and O–H groups in total. The average Bonchev–Trinajstić information content (AvgIpc) is 3.03. The van der Waals surface area contributed by atoms with Crippen LogP contribution in [0.15, 0.2) is 47.4 Å². The maximum atomic E-state index is 13.5. The number of nitrogens with one attached hydrogen (secondary N) is 1. The normalized spacial score (nSPS) is 15.8. The predicted molar refractivity (Wildman–Crippen MR) is 138 cm³/mol. The minimum Gasteiger partial charge on any atom is -0.352 e. The number of hydrogen-bond donors (Lipinski definition) is 1. The van der Waals surface area contributed by atoms with Crippen LogP contribution in [0.2, 0.25) is 10.0 Å². The lowest BCUT2D eigenvalue weighted by Crippen LogP contribution is -2.51. The third-order valence-electron chi connectivity index (χ3n) is 6.18. The van der Waals surface area contributed by atoms with Gasteiger partial charge in [-0.2, -0.15) is 0 Å². The molecule has 1 heterocycles. The van der Waals surface area contributed by atoms with E-state index in [0.29, 0.717) is 32.8 Å². The Hall–Kier alpha value is -2.62. The summed E-state index contributed by atoms with van der Waals surface area (Å²) in [6.45, 7) is 5.27. The van der Waals surface area contributed by atoms with Crippen LogP contribution in [0.3, 0.4) is 0 Å². The number of hydrogen-bond acceptors (Lipinski definition) is 5. The molecule has 0 saturated heterocycles. The van der Waals surface area contributed by atoms with Crippen molar-refractivity contribution < 1.29 is 22.8 Å². The summed E-state index contributed by atoms with van der Waals surface area (Å²) in [5, 5.41) is 3.68. The fraction of sp³-hybridized carbons (Fsp3) is 0.400. The number of carbonyl (C=O) groups is 3. The van der Waals surface area contributed by atoms with Gasteiger partial charge in [-0.3, -0.25) is 14.4 Å². The van der Waals surface area contributed by atoms with Crippen LogP contribution in [0.4, 0.5) is 0 Å². The van der Waals surface area contributed by atoms with Crippen LogP contribution in [0, 0.1) is 0 Å². The van der Waals surface area contributed by atoms with Crippen molar-refractivity contribution >= 4 is 50.9 Å². The molecule has 0 fully saturated rings. The molecule has 0 radical (unpaired) electrons. The SMILES string of the molecule is CC[C@@H](C)NC(=O)[C@@H](CC)N(Cc1ccc(Cl)cc1Cl)C(=O)CCN1C(=O)c2ccccc2S1(=O)=O. The van der Waals surface area contributed by atoms with Gasteiger partial charge in [-0.05, 0) is 49.6 Å². The van der Waals surface area contributed by atoms with Crippen molar-refractivity contribution in [2.75, 3.05) is 6.54 Å². The van der Waals surface area contributed by atoms with E-state index in [1.807, 2.05) is 13.8 Å². The fourth-order valence-electron chi connectivity index (χ4n) is 3.99. The molecule has 2 atom stereocenters. The zero-order chi connectivity index (χ0) is 26.6. The summed E-state index contributed by atoms with van der Waals surface area (Å²) < 4.78 is 26.5. The maximum Gasteiger partial charge on any atom is 0.269 e. The molecule has 3 amide bonds. The van der Waals surface area contributed by atoms with Crippen molar-refractivity contribution in [3.8, 4) is 0 Å². The largest absolute Gasteiger partial charge is 0.352 e. The van der Waals surface area contributed by atoms with Crippen molar-refractivity contribution in [1.29, 1.82) is 0 Å². The molecular weight excluding hydrogens is 525 g/mol. The number of amides is 3. The second-order valence-electron chi connectivity index (χ2n) is 8.63. The molecule has 3 rings (SSSR count). The van der Waals surface area contributed by atoms with Crippen LogP contribution in [-0.2, 0) is 26.2 Å². The van der Waals surface area contributed by atoms with Crippen LogP contribution in [0.25, 0.3) is 0 Å². The Balaban J connectivity index is 1.86. The van der Waals surface area contributed by atoms with E-state index in [1.54, 1.807) is 31.2 Å². The lowest BCUT2D eigenvalue weighted by Gasteiger charge is -2.32. The first kappa shape index (κ1) is 28.0. The Bertz CT molecular complexity index is 1270. The van der Waals surface area contributed by atoms with Crippen LogP contribution in [0.5, 0.6) is 0 Å². The van der Waals surface area contributed by atoms with Gasteiger partial charge in [-0.1, -0.05) is 55.2 Å². The van der Waals surface area contributed by atoms with E-state index in [0.717, 1.165) is 0 Å². The van der Waals surface area contributed by atoms with Gasteiger partial charge < -0.3 is 10.2 Å². The van der Waals surface area contributed by atoms with E-state index in [1.165, 1.54) is 23.1 Å². The molecule has 194 valence electrons. The second kappa shape index (κ2) is 11.6. The number of carbonyl (C=O) groups excluding carboxylic acids is 3. The summed E-state index contributed by atoms with van der Waals surface area (Å²) in [5.41, 5.74) is 0.663. The van der Waals surface area contributed by atoms with Crippen LogP contribution in [-0.4, -0.2) is 54.0 Å². The molecule has 1 aliphatic rings. The summed E-state index contributed by atoms with van der Waals surface area (Å²) in [7, 11) is -4.05. The molecule has 0 spiro atoms. The number of nitrogens with zero attached hydrogens (tertiary/aromatic N) is 2. The molecule has 2 aromatic rings. The Morgan fingerprint density at radius 2 is 1.78 bits per heavy atom. The van der Waals surface area contributed by atoms with Gasteiger partial charge in [0.15, 0.2) is 0 Å². The van der Waals surface area contributed by atoms with Gasteiger partial charge in [0.1, 0.15) is 10.9 Å². The van der Waals surface area contributed by atoms with Gasteiger partial charge >= 0.3 is 0 Å². The number of halogens is 2. The standard InChI is InChI=1S/C25H29Cl2N3O5S/c1-4-16(3)28-24(32)21(5-2)29(15-17-10-11-18(26)14-20(17)27)23(31)12-13-30-25(33)19-8-6-7-9-22(19)36(30,34)35/h6-11,14,16,21H,4-5,12-13,15H2,1-3H3,(H,28,32)/t16-,21-/m1/s1. The molecule has 0 saturated carbocycles. The van der Waals surface area contributed by atoms with E-state index in [9.17, 15) is 22.8 Å². The molecule has 2 aromatic carbocycles. The minimum atomic E-state index is -4.05. The first-order chi connectivity index (χ1) is 17.0. The average molecular weight is 554 g/mol. The Morgan fingerprint density at radius 3 is 2.39 bits per heavy atom. The van der Waals surface area contributed by atoms with Crippen LogP contribution >= 0.6 is 23.2 Å². The highest BCUT2D eigenvalue weighted by atomic mass is 35.5. The fourth-order valence-corrected chi connectivity index (χ4v) is 6.02. The number of fused-ring (bicyclic) bond motifs is 1. The first-order valence-electron chi connectivity index (χ1n) is 11.7. The van der Waals surface area contributed by atoms with Gasteiger partial charge in [-0.15, -0.1) is 0 Å². The van der Waals surface area contributed by atoms with Gasteiger partial charge in [-0.25, -0.2) is 12.7 Å². The highest BCUT2D eigenvalue weighted by molar-refractivity contribution is 7.90. The van der Waals surface area contributed by atoms with Crippen molar-refractivity contribution in [1.82, 2.24) is 14.5 Å². The predicted octanol–water partition coefficient (Wildman–Crippen LogP) is 4.25. The Labute approximate surface area is 221 Å². The monoisotopic (exact) mass is 553 g/mol. The summed E-state index contributed by atoms with van der Waals surface area (Å²) in [6, 6.07) is 9.89. The van der Waals surface area contributed by atoms with Gasteiger partial charge in [0.2, 0.25) is 11.8 Å². The van der Waals surface area contributed by atoms with Crippen LogP contribution in [0.1, 0.15) is 56.0 Å². The van der Waals surface area contributed by atoms with Gasteiger partial charge in [0.05, 0.1) is 5.56 Å². The number of rotatable bonds is 10. The summed E-state index contributed by atoms with van der Waals surface area (Å²) >= 11 is 12.4. The van der Waals surface area contributed by atoms with E-state index in [-0.39, 0.29) is 41.9 Å². The van der Waals surface area contributed by atoms with Crippen molar-refractivity contribution in [2.24, 2.45) is 0 Å². The molecule has 0 aliphatic carbocycles. The second-order valence-corrected chi connectivity index (χ2v) is 11.3. The Kier molecular flexibility index (Phi) is 9.03. The third kappa shape index (κ3) is 5.85. The Morgan fingerprint density at radius 1 is 1.08 bits per heavy atom. The highest BCUT2D eigenvalue weighted by Crippen LogP contribution is 2.30. The number of benzene rings is 2. The highest BCUT2D eigenvalue weighted by Gasteiger charge is 2.41. The van der Waals surface area contributed by atoms with E-state index in [2.05, 4.69) is 5.32 Å². The van der Waals surface area contributed by atoms with Gasteiger partial charge in [0, 0.05) is 35.6 Å². The summed E-state index contributed by atoms with van der Waals surface area (Å²) in [6.07, 6.45) is 0.748. The molecule has 1 aliphatic heterocycles. The molecule has 0 unspecified atom stereocenters. The van der Waals surface area contributed by atoms with Crippen molar-refractivity contribution in [2.45, 2.75) is 63.6 Å². The van der Waals surface area contributed by atoms with E-state index < -0.39 is 27.9 Å². The summed E-state index contributed by atoms with van der Waals surface area (Å²) in [4.78, 5) is 40.6. The van der Waals surface area contributed by atoms with Crippen molar-refractivity contribution in [3.63, 3.8) is 0 Å². The van der Waals surface area contributed by atoms with Gasteiger partial charge in [0.25, 0.3) is 15.9 Å². The topological polar surface area (TPSA) is 104 Å². The summed E-state index contributed by atoms with van der Waals surface area (Å²) in [5.74, 6) is -1.47. The molecule has 0 bridgehead atoms. The zero-order valence-electron chi connectivity index (χ0n) is 20.3. The lowest BCUT2D eigenvalue weighted by molar-refractivity contribution is -0.141.